The minimum absolute atomic E-state index is 0.0208. The van der Waals surface area contributed by atoms with Crippen LogP contribution in [0.15, 0.2) is 267 Å². The van der Waals surface area contributed by atoms with Gasteiger partial charge in [-0.1, -0.05) is 243 Å². The van der Waals surface area contributed by atoms with Crippen LogP contribution in [0.5, 0.6) is 46.0 Å². The van der Waals surface area contributed by atoms with Gasteiger partial charge in [0.2, 0.25) is 0 Å². The van der Waals surface area contributed by atoms with E-state index in [0.29, 0.717) is 42.4 Å². The summed E-state index contributed by atoms with van der Waals surface area (Å²) in [5.74, 6) is -3.82. The van der Waals surface area contributed by atoms with Gasteiger partial charge >= 0.3 is 25.2 Å². The Labute approximate surface area is 590 Å². The lowest BCUT2D eigenvalue weighted by atomic mass is 9.98. The molecule has 4 aliphatic rings. The zero-order valence-corrected chi connectivity index (χ0v) is 58.7. The van der Waals surface area contributed by atoms with Crippen molar-refractivity contribution in [1.82, 2.24) is 0 Å². The molecular weight excluding hydrogens is 1430 g/mol. The van der Waals surface area contributed by atoms with Crippen LogP contribution < -0.4 is 102 Å². The Morgan fingerprint density at radius 2 is 0.413 bits per heavy atom. The predicted octanol–water partition coefficient (Wildman–Crippen LogP) is 15.8. The lowest BCUT2D eigenvalue weighted by molar-refractivity contribution is -0.288. The first kappa shape index (κ1) is 69.1. The molecule has 12 aromatic rings. The maximum absolute atomic E-state index is 16.0. The highest BCUT2D eigenvalue weighted by molar-refractivity contribution is 7.87. The van der Waals surface area contributed by atoms with Crippen LogP contribution in [0.1, 0.15) is 22.3 Å². The molecule has 0 aliphatic carbocycles. The fraction of sp³-hybridized carbons (Fsp3) is 0.100. The number of ether oxygens (including phenoxy) is 8. The summed E-state index contributed by atoms with van der Waals surface area (Å²) in [6.07, 6.45) is -16.7. The van der Waals surface area contributed by atoms with Gasteiger partial charge in [0.1, 0.15) is 0 Å². The Hall–Kier alpha value is -10.6. The van der Waals surface area contributed by atoms with Gasteiger partial charge in [-0.15, -0.1) is 35.1 Å². The lowest BCUT2D eigenvalue weighted by Crippen LogP contribution is -2.29. The molecule has 0 fully saturated rings. The van der Waals surface area contributed by atoms with Crippen LogP contribution in [-0.2, 0) is 18.3 Å². The van der Waals surface area contributed by atoms with Crippen molar-refractivity contribution in [1.29, 1.82) is 0 Å². The van der Waals surface area contributed by atoms with Gasteiger partial charge in [0.15, 0.2) is 74.6 Å². The Kier molecular flexibility index (Phi) is 17.1. The first-order valence-electron chi connectivity index (χ1n) is 32.3. The standard InChI is InChI=1S/2C40H28F4O6P2/c2*1-25-23-33(52(46,29-19-11-5-12-20-29)30-21-13-6-14-22-30)34(38-35(25)47-39(41,42)50-38)31-24-32(26(2)36-37(31)49-40(43,44)48-36)51(45,27-15-7-3-8-16-27)28-17-9-4-10-18-28/h2*3-24H,1-2H3. The molecule has 0 aromatic heterocycles. The average molecular weight is 1490 g/mol. The zero-order chi connectivity index (χ0) is 72.9. The number of benzene rings is 12. The van der Waals surface area contributed by atoms with Crippen molar-refractivity contribution in [2.24, 2.45) is 0 Å². The molecule has 0 bridgehead atoms. The molecular formula is C80H56F8O12P4. The van der Waals surface area contributed by atoms with Crippen molar-refractivity contribution in [2.45, 2.75) is 52.9 Å². The minimum Gasteiger partial charge on any atom is -0.395 e. The fourth-order valence-electron chi connectivity index (χ4n) is 13.7. The van der Waals surface area contributed by atoms with Crippen molar-refractivity contribution >= 4 is 92.2 Å². The van der Waals surface area contributed by atoms with Gasteiger partial charge in [-0.05, 0) is 63.1 Å². The first-order valence-corrected chi connectivity index (χ1v) is 39.1. The summed E-state index contributed by atoms with van der Waals surface area (Å²) in [4.78, 5) is 0. The summed E-state index contributed by atoms with van der Waals surface area (Å²) in [5.41, 5.74) is -0.560. The van der Waals surface area contributed by atoms with Crippen molar-refractivity contribution in [2.75, 3.05) is 0 Å². The van der Waals surface area contributed by atoms with Crippen LogP contribution in [-0.4, -0.2) is 25.2 Å². The van der Waals surface area contributed by atoms with E-state index in [4.69, 9.17) is 37.9 Å². The number of fused-ring (bicyclic) bond motifs is 4. The number of hydrogen-bond acceptors (Lipinski definition) is 12. The number of alkyl halides is 8. The summed E-state index contributed by atoms with van der Waals surface area (Å²) in [5, 5.41) is 2.93. The number of aryl methyl sites for hydroxylation is 2. The lowest BCUT2D eigenvalue weighted by Gasteiger charge is -2.26. The van der Waals surface area contributed by atoms with Crippen molar-refractivity contribution < 1.29 is 91.3 Å². The normalized spacial score (nSPS) is 15.4. The molecule has 0 atom stereocenters. The second-order valence-electron chi connectivity index (χ2n) is 24.7. The molecule has 0 saturated heterocycles. The topological polar surface area (TPSA) is 142 Å². The Balaban J connectivity index is 0.000000167. The largest absolute Gasteiger partial charge is 0.586 e. The summed E-state index contributed by atoms with van der Waals surface area (Å²) in [6.45, 7) is 5.95. The van der Waals surface area contributed by atoms with Crippen LogP contribution in [0, 0.1) is 27.7 Å². The molecule has 0 amide bonds. The fourth-order valence-corrected chi connectivity index (χ4v) is 25.5. The first-order chi connectivity index (χ1) is 49.7. The molecule has 0 saturated carbocycles. The summed E-state index contributed by atoms with van der Waals surface area (Å²) >= 11 is 0. The maximum atomic E-state index is 16.0. The maximum Gasteiger partial charge on any atom is 0.586 e. The molecule has 0 radical (unpaired) electrons. The molecule has 4 aliphatic heterocycles. The zero-order valence-electron chi connectivity index (χ0n) is 55.1. The average Bonchev–Trinajstić information content (AvgIpc) is 1.37. The Morgan fingerprint density at radius 1 is 0.231 bits per heavy atom. The van der Waals surface area contributed by atoms with E-state index in [0.717, 1.165) is 0 Å². The molecule has 104 heavy (non-hydrogen) atoms. The molecule has 12 nitrogen and oxygen atoms in total. The highest BCUT2D eigenvalue weighted by Crippen LogP contribution is 2.63. The van der Waals surface area contributed by atoms with Gasteiger partial charge < -0.3 is 56.2 Å². The van der Waals surface area contributed by atoms with Gasteiger partial charge in [0, 0.05) is 97.0 Å². The van der Waals surface area contributed by atoms with Crippen LogP contribution in [0.25, 0.3) is 22.3 Å². The van der Waals surface area contributed by atoms with E-state index in [9.17, 15) is 0 Å². The number of rotatable bonds is 14. The smallest absolute Gasteiger partial charge is 0.395 e. The van der Waals surface area contributed by atoms with Crippen LogP contribution in [0.2, 0.25) is 0 Å². The van der Waals surface area contributed by atoms with Gasteiger partial charge in [-0.25, -0.2) is 0 Å². The molecule has 0 spiro atoms. The van der Waals surface area contributed by atoms with Crippen molar-refractivity contribution in [3.8, 4) is 68.2 Å². The third-order valence-electron chi connectivity index (χ3n) is 18.3. The van der Waals surface area contributed by atoms with E-state index in [2.05, 4.69) is 0 Å². The Bertz CT molecular complexity index is 5060. The van der Waals surface area contributed by atoms with E-state index in [1.165, 1.54) is 52.0 Å². The van der Waals surface area contributed by atoms with E-state index in [-0.39, 0.29) is 77.2 Å². The van der Waals surface area contributed by atoms with Crippen molar-refractivity contribution in [3.63, 3.8) is 0 Å². The quantitative estimate of drug-likeness (QED) is 0.0755. The van der Waals surface area contributed by atoms with Crippen LogP contribution >= 0.6 is 28.6 Å². The number of hydrogen-bond donors (Lipinski definition) is 0. The van der Waals surface area contributed by atoms with E-state index in [1.54, 1.807) is 243 Å². The monoisotopic (exact) mass is 1480 g/mol. The van der Waals surface area contributed by atoms with E-state index in [1.807, 2.05) is 0 Å². The van der Waals surface area contributed by atoms with Crippen LogP contribution in [0.3, 0.4) is 0 Å². The third-order valence-corrected chi connectivity index (χ3v) is 30.9. The van der Waals surface area contributed by atoms with E-state index >= 15 is 53.4 Å². The molecule has 0 unspecified atom stereocenters. The van der Waals surface area contributed by atoms with Crippen LogP contribution in [0.4, 0.5) is 35.1 Å². The molecule has 16 rings (SSSR count). The summed E-state index contributed by atoms with van der Waals surface area (Å²) in [6, 6.07) is 73.2. The number of halogens is 8. The molecule has 524 valence electrons. The summed E-state index contributed by atoms with van der Waals surface area (Å²) < 4.78 is 226. The van der Waals surface area contributed by atoms with Gasteiger partial charge in [-0.3, -0.25) is 0 Å². The molecule has 4 heterocycles. The predicted molar refractivity (Wildman–Crippen MR) is 385 cm³/mol. The second kappa shape index (κ2) is 25.7. The second-order valence-corrected chi connectivity index (χ2v) is 35.7. The molecule has 12 aromatic carbocycles. The molecule has 24 heteroatoms. The molecule has 0 N–H and O–H groups in total. The van der Waals surface area contributed by atoms with Gasteiger partial charge in [0.05, 0.1) is 0 Å². The van der Waals surface area contributed by atoms with Gasteiger partial charge in [-0.2, -0.15) is 0 Å². The van der Waals surface area contributed by atoms with E-state index < -0.39 is 88.2 Å². The third kappa shape index (κ3) is 11.6. The Morgan fingerprint density at radius 3 is 0.635 bits per heavy atom. The summed E-state index contributed by atoms with van der Waals surface area (Å²) in [7, 11) is -16.0. The highest BCUT2D eigenvalue weighted by Gasteiger charge is 2.55. The van der Waals surface area contributed by atoms with Crippen molar-refractivity contribution in [3.05, 3.63) is 289 Å². The SMILES string of the molecule is Cc1cc(P(=O)(c2ccccc2)c2ccccc2)c(-c2cc(P(=O)(c3ccccc3)c3ccccc3)c(C)c3c2OC(F)(F)O3)c2c1OC(F)(F)O2.Cc1cc(P(=O)(c2ccccc2)c2ccccc2)c(-c2cc(P(=O)(c3ccccc3)c3ccccc3)c(C)c3c2OC(F)(F)O3)c2c1OC(F)(F)O2. The minimum atomic E-state index is -4.19. The van der Waals surface area contributed by atoms with Gasteiger partial charge in [0.25, 0.3) is 0 Å². The highest BCUT2D eigenvalue weighted by atomic mass is 31.2.